The zero-order chi connectivity index (χ0) is 19.5. The second kappa shape index (κ2) is 8.07. The van der Waals surface area contributed by atoms with E-state index in [1.807, 2.05) is 42.2 Å². The summed E-state index contributed by atoms with van der Waals surface area (Å²) in [5, 5.41) is 0. The molecule has 0 bridgehead atoms. The van der Waals surface area contributed by atoms with E-state index < -0.39 is 0 Å². The molecule has 146 valence electrons. The van der Waals surface area contributed by atoms with Gasteiger partial charge in [-0.1, -0.05) is 42.5 Å². The predicted molar refractivity (Wildman–Crippen MR) is 112 cm³/mol. The first-order valence-corrected chi connectivity index (χ1v) is 9.98. The number of fused-ring (bicyclic) bond motifs is 1. The number of aryl methyl sites for hydroxylation is 2. The summed E-state index contributed by atoms with van der Waals surface area (Å²) in [7, 11) is 0. The number of nitrogens with zero attached hydrogens (tertiary/aromatic N) is 3. The number of hydrogen-bond acceptors (Lipinski definition) is 3. The van der Waals surface area contributed by atoms with E-state index >= 15 is 0 Å². The van der Waals surface area contributed by atoms with Crippen LogP contribution in [-0.4, -0.2) is 53.0 Å². The van der Waals surface area contributed by atoms with E-state index in [2.05, 4.69) is 40.7 Å². The molecule has 1 amide bonds. The second-order valence-corrected chi connectivity index (χ2v) is 7.29. The number of piperazine rings is 1. The number of amides is 1. The van der Waals surface area contributed by atoms with Crippen LogP contribution in [0, 0.1) is 6.92 Å². The molecule has 0 N–H and O–H groups in total. The van der Waals surface area contributed by atoms with Crippen LogP contribution in [0.15, 0.2) is 53.0 Å². The summed E-state index contributed by atoms with van der Waals surface area (Å²) < 4.78 is 7.78. The predicted octanol–water partition coefficient (Wildman–Crippen LogP) is 4.03. The maximum Gasteiger partial charge on any atom is 0.270 e. The molecule has 3 aromatic rings. The van der Waals surface area contributed by atoms with Crippen LogP contribution < -0.4 is 0 Å². The van der Waals surface area contributed by atoms with Crippen molar-refractivity contribution in [1.29, 1.82) is 0 Å². The minimum atomic E-state index is 0.102. The smallest absolute Gasteiger partial charge is 0.270 e. The summed E-state index contributed by atoms with van der Waals surface area (Å²) in [5.41, 5.74) is 3.75. The topological polar surface area (TPSA) is 41.6 Å². The molecule has 0 aliphatic carbocycles. The van der Waals surface area contributed by atoms with Crippen LogP contribution in [0.3, 0.4) is 0 Å². The lowest BCUT2D eigenvalue weighted by Crippen LogP contribution is -2.49. The first-order chi connectivity index (χ1) is 13.7. The average Bonchev–Trinajstić information content (AvgIpc) is 3.24. The highest BCUT2D eigenvalue weighted by atomic mass is 16.3. The van der Waals surface area contributed by atoms with Crippen molar-refractivity contribution in [2.24, 2.45) is 0 Å². The van der Waals surface area contributed by atoms with Crippen molar-refractivity contribution in [3.05, 3.63) is 65.6 Å². The van der Waals surface area contributed by atoms with E-state index in [0.29, 0.717) is 0 Å². The fraction of sp³-hybridized carbons (Fsp3) is 0.348. The summed E-state index contributed by atoms with van der Waals surface area (Å²) in [5.74, 6) is 0.980. The summed E-state index contributed by atoms with van der Waals surface area (Å²) >= 11 is 0. The maximum atomic E-state index is 13.1. The lowest BCUT2D eigenvalue weighted by molar-refractivity contribution is 0.0640. The molecule has 28 heavy (non-hydrogen) atoms. The molecular weight excluding hydrogens is 350 g/mol. The van der Waals surface area contributed by atoms with Gasteiger partial charge in [0, 0.05) is 51.4 Å². The van der Waals surface area contributed by atoms with Gasteiger partial charge in [-0.25, -0.2) is 0 Å². The molecule has 1 saturated heterocycles. The molecule has 0 unspecified atom stereocenters. The van der Waals surface area contributed by atoms with E-state index in [4.69, 9.17) is 4.42 Å². The number of hydrogen-bond donors (Lipinski definition) is 0. The van der Waals surface area contributed by atoms with Crippen LogP contribution in [0.4, 0.5) is 0 Å². The van der Waals surface area contributed by atoms with E-state index in [0.717, 1.165) is 61.8 Å². The zero-order valence-electron chi connectivity index (χ0n) is 16.6. The number of aromatic nitrogens is 1. The van der Waals surface area contributed by atoms with Crippen LogP contribution in [0.5, 0.6) is 0 Å². The molecule has 4 rings (SSSR count). The SMILES string of the molecule is CCn1c(C(=O)N2CCN(C/C=C/c3ccccc3)CC2)cc2oc(C)cc21. The molecule has 0 radical (unpaired) electrons. The molecule has 1 aliphatic heterocycles. The van der Waals surface area contributed by atoms with Crippen molar-refractivity contribution in [1.82, 2.24) is 14.4 Å². The Hall–Kier alpha value is -2.79. The maximum absolute atomic E-state index is 13.1. The Balaban J connectivity index is 1.36. The molecular formula is C23H27N3O2. The lowest BCUT2D eigenvalue weighted by Gasteiger charge is -2.34. The Morgan fingerprint density at radius 1 is 1.11 bits per heavy atom. The van der Waals surface area contributed by atoms with Gasteiger partial charge >= 0.3 is 0 Å². The van der Waals surface area contributed by atoms with Gasteiger partial charge in [-0.15, -0.1) is 0 Å². The fourth-order valence-corrected chi connectivity index (χ4v) is 3.88. The van der Waals surface area contributed by atoms with Crippen LogP contribution >= 0.6 is 0 Å². The molecule has 1 fully saturated rings. The Labute approximate surface area is 165 Å². The summed E-state index contributed by atoms with van der Waals surface area (Å²) in [4.78, 5) is 17.4. The molecule has 0 atom stereocenters. The summed E-state index contributed by atoms with van der Waals surface area (Å²) in [6, 6.07) is 14.2. The number of furan rings is 1. The van der Waals surface area contributed by atoms with Gasteiger partial charge in [0.1, 0.15) is 11.5 Å². The molecule has 0 saturated carbocycles. The number of benzene rings is 1. The van der Waals surface area contributed by atoms with Gasteiger partial charge < -0.3 is 13.9 Å². The third-order valence-electron chi connectivity index (χ3n) is 5.38. The van der Waals surface area contributed by atoms with Gasteiger partial charge in [0.25, 0.3) is 5.91 Å². The van der Waals surface area contributed by atoms with Gasteiger partial charge in [-0.3, -0.25) is 9.69 Å². The fourth-order valence-electron chi connectivity index (χ4n) is 3.88. The van der Waals surface area contributed by atoms with E-state index in [9.17, 15) is 4.79 Å². The van der Waals surface area contributed by atoms with Gasteiger partial charge in [-0.2, -0.15) is 0 Å². The first kappa shape index (κ1) is 18.6. The van der Waals surface area contributed by atoms with Crippen LogP contribution in [0.1, 0.15) is 28.7 Å². The van der Waals surface area contributed by atoms with Crippen molar-refractivity contribution in [3.8, 4) is 0 Å². The molecule has 5 heteroatoms. The standard InChI is InChI=1S/C23H27N3O2/c1-3-26-20-16-18(2)28-22(20)17-21(26)23(27)25-14-12-24(13-15-25)11-7-10-19-8-5-4-6-9-19/h4-10,16-17H,3,11-15H2,1-2H3/b10-7+. The van der Waals surface area contributed by atoms with Crippen molar-refractivity contribution in [2.45, 2.75) is 20.4 Å². The van der Waals surface area contributed by atoms with Crippen LogP contribution in [0.2, 0.25) is 0 Å². The largest absolute Gasteiger partial charge is 0.460 e. The van der Waals surface area contributed by atoms with Gasteiger partial charge in [0.2, 0.25) is 0 Å². The molecule has 1 aromatic carbocycles. The molecule has 0 spiro atoms. The van der Waals surface area contributed by atoms with Crippen molar-refractivity contribution >= 4 is 23.1 Å². The molecule has 3 heterocycles. The Kier molecular flexibility index (Phi) is 5.35. The molecule has 2 aromatic heterocycles. The highest BCUT2D eigenvalue weighted by Gasteiger charge is 2.25. The zero-order valence-corrected chi connectivity index (χ0v) is 16.6. The number of rotatable bonds is 5. The number of carbonyl (C=O) groups is 1. The monoisotopic (exact) mass is 377 g/mol. The highest BCUT2D eigenvalue weighted by Crippen LogP contribution is 2.25. The van der Waals surface area contributed by atoms with Crippen LogP contribution in [-0.2, 0) is 6.54 Å². The minimum absolute atomic E-state index is 0.102. The normalized spacial score (nSPS) is 15.7. The van der Waals surface area contributed by atoms with Gasteiger partial charge in [0.15, 0.2) is 5.58 Å². The third kappa shape index (κ3) is 3.76. The third-order valence-corrected chi connectivity index (χ3v) is 5.38. The van der Waals surface area contributed by atoms with Crippen molar-refractivity contribution < 1.29 is 9.21 Å². The van der Waals surface area contributed by atoms with Crippen molar-refractivity contribution in [2.75, 3.05) is 32.7 Å². The lowest BCUT2D eigenvalue weighted by atomic mass is 10.2. The van der Waals surface area contributed by atoms with E-state index in [1.54, 1.807) is 0 Å². The second-order valence-electron chi connectivity index (χ2n) is 7.29. The number of carbonyl (C=O) groups excluding carboxylic acids is 1. The summed E-state index contributed by atoms with van der Waals surface area (Å²) in [6.45, 7) is 8.98. The Morgan fingerprint density at radius 3 is 2.57 bits per heavy atom. The first-order valence-electron chi connectivity index (χ1n) is 9.98. The van der Waals surface area contributed by atoms with E-state index in [1.165, 1.54) is 5.56 Å². The Bertz CT molecular complexity index is 976. The quantitative estimate of drug-likeness (QED) is 0.674. The van der Waals surface area contributed by atoms with Gasteiger partial charge in [0.05, 0.1) is 5.52 Å². The van der Waals surface area contributed by atoms with Gasteiger partial charge in [-0.05, 0) is 19.4 Å². The molecule has 5 nitrogen and oxygen atoms in total. The minimum Gasteiger partial charge on any atom is -0.460 e. The highest BCUT2D eigenvalue weighted by molar-refractivity contribution is 5.97. The van der Waals surface area contributed by atoms with Crippen molar-refractivity contribution in [3.63, 3.8) is 0 Å². The summed E-state index contributed by atoms with van der Waals surface area (Å²) in [6.07, 6.45) is 4.36. The van der Waals surface area contributed by atoms with E-state index in [-0.39, 0.29) is 5.91 Å². The van der Waals surface area contributed by atoms with Crippen LogP contribution in [0.25, 0.3) is 17.2 Å². The molecule has 1 aliphatic rings. The average molecular weight is 377 g/mol. The Morgan fingerprint density at radius 2 is 1.86 bits per heavy atom.